The molecule has 0 bridgehead atoms. The van der Waals surface area contributed by atoms with Gasteiger partial charge in [0.2, 0.25) is 0 Å². The zero-order valence-electron chi connectivity index (χ0n) is 18.2. The van der Waals surface area contributed by atoms with E-state index in [0.717, 1.165) is 36.3 Å². The highest BCUT2D eigenvalue weighted by Gasteiger charge is 2.19. The number of fused-ring (bicyclic) bond motifs is 1. The van der Waals surface area contributed by atoms with Crippen molar-refractivity contribution in [2.75, 3.05) is 0 Å². The van der Waals surface area contributed by atoms with Crippen molar-refractivity contribution in [3.63, 3.8) is 0 Å². The number of nitrogens with zero attached hydrogens (tertiary/aromatic N) is 2. The molecule has 4 rings (SSSR count). The molecule has 0 fully saturated rings. The first kappa shape index (κ1) is 22.5. The van der Waals surface area contributed by atoms with Gasteiger partial charge in [0.05, 0.1) is 16.1 Å². The van der Waals surface area contributed by atoms with E-state index >= 15 is 0 Å². The number of pyridine rings is 1. The highest BCUT2D eigenvalue weighted by molar-refractivity contribution is 7.98. The molecular weight excluding hydrogens is 444 g/mol. The van der Waals surface area contributed by atoms with Crippen LogP contribution in [0.25, 0.3) is 0 Å². The Morgan fingerprint density at radius 2 is 1.91 bits per heavy atom. The fourth-order valence-electron chi connectivity index (χ4n) is 3.73. The van der Waals surface area contributed by atoms with Crippen LogP contribution < -0.4 is 10.9 Å². The van der Waals surface area contributed by atoms with Crippen LogP contribution in [0.5, 0.6) is 0 Å². The van der Waals surface area contributed by atoms with Gasteiger partial charge in [-0.1, -0.05) is 18.0 Å². The minimum Gasteiger partial charge on any atom is -0.361 e. The van der Waals surface area contributed by atoms with E-state index in [1.807, 2.05) is 19.9 Å². The number of aryl methyl sites for hydroxylation is 4. The quantitative estimate of drug-likeness (QED) is 0.412. The third kappa shape index (κ3) is 5.21. The standard InChI is InChI=1S/C23H26N4O3S2/c1-14-18(15(2)30-27-14)13-31-23-17(9-7-11-24-23)21(28)25-26-22(29)20-12-16-8-5-3-4-6-10-19(16)32-20/h7,9,11-12H,3-6,8,10,13H2,1-2H3,(H,25,28)(H,26,29). The van der Waals surface area contributed by atoms with Crippen molar-refractivity contribution in [2.24, 2.45) is 0 Å². The van der Waals surface area contributed by atoms with E-state index in [1.165, 1.54) is 52.8 Å². The second-order valence-electron chi connectivity index (χ2n) is 7.83. The summed E-state index contributed by atoms with van der Waals surface area (Å²) in [6.45, 7) is 3.75. The van der Waals surface area contributed by atoms with Gasteiger partial charge in [0, 0.05) is 22.4 Å². The van der Waals surface area contributed by atoms with E-state index in [0.29, 0.717) is 21.2 Å². The molecular formula is C23H26N4O3S2. The van der Waals surface area contributed by atoms with Crippen LogP contribution in [0.2, 0.25) is 0 Å². The lowest BCUT2D eigenvalue weighted by molar-refractivity contribution is 0.0847. The molecule has 1 aliphatic carbocycles. The third-order valence-corrected chi connectivity index (χ3v) is 7.83. The van der Waals surface area contributed by atoms with Gasteiger partial charge in [-0.15, -0.1) is 23.1 Å². The number of thiophene rings is 1. The number of aromatic nitrogens is 2. The molecule has 168 valence electrons. The average molecular weight is 471 g/mol. The van der Waals surface area contributed by atoms with Gasteiger partial charge in [-0.3, -0.25) is 20.4 Å². The van der Waals surface area contributed by atoms with Crippen molar-refractivity contribution in [3.05, 3.63) is 62.3 Å². The average Bonchev–Trinajstić information content (AvgIpc) is 3.32. The molecule has 0 aromatic carbocycles. The number of carbonyl (C=O) groups is 2. The Morgan fingerprint density at radius 1 is 1.12 bits per heavy atom. The molecule has 3 heterocycles. The fraction of sp³-hybridized carbons (Fsp3) is 0.391. The summed E-state index contributed by atoms with van der Waals surface area (Å²) in [7, 11) is 0. The normalized spacial score (nSPS) is 13.7. The molecule has 0 aliphatic heterocycles. The second kappa shape index (κ2) is 10.3. The maximum atomic E-state index is 12.8. The number of hydrazine groups is 1. The Bertz CT molecular complexity index is 1080. The van der Waals surface area contributed by atoms with Crippen molar-refractivity contribution in [3.8, 4) is 0 Å². The predicted molar refractivity (Wildman–Crippen MR) is 125 cm³/mol. The number of amides is 2. The molecule has 2 amide bonds. The molecule has 7 nitrogen and oxygen atoms in total. The van der Waals surface area contributed by atoms with Gasteiger partial charge in [-0.05, 0) is 63.3 Å². The smallest absolute Gasteiger partial charge is 0.279 e. The van der Waals surface area contributed by atoms with E-state index in [-0.39, 0.29) is 5.91 Å². The monoisotopic (exact) mass is 470 g/mol. The van der Waals surface area contributed by atoms with E-state index in [1.54, 1.807) is 18.3 Å². The van der Waals surface area contributed by atoms with Crippen LogP contribution in [0.4, 0.5) is 0 Å². The summed E-state index contributed by atoms with van der Waals surface area (Å²) in [6, 6.07) is 5.37. The summed E-state index contributed by atoms with van der Waals surface area (Å²) in [4.78, 5) is 31.7. The second-order valence-corrected chi connectivity index (χ2v) is 9.93. The lowest BCUT2D eigenvalue weighted by Crippen LogP contribution is -2.41. The lowest BCUT2D eigenvalue weighted by atomic mass is 10.00. The van der Waals surface area contributed by atoms with Crippen LogP contribution in [0.15, 0.2) is 33.9 Å². The van der Waals surface area contributed by atoms with Crippen LogP contribution in [0.3, 0.4) is 0 Å². The van der Waals surface area contributed by atoms with Crippen LogP contribution >= 0.6 is 23.1 Å². The Balaban J connectivity index is 1.39. The number of hydrogen-bond acceptors (Lipinski definition) is 7. The maximum absolute atomic E-state index is 12.8. The number of carbonyl (C=O) groups excluding carboxylic acids is 2. The van der Waals surface area contributed by atoms with Gasteiger partial charge in [0.1, 0.15) is 10.8 Å². The molecule has 1 aliphatic rings. The Morgan fingerprint density at radius 3 is 2.69 bits per heavy atom. The van der Waals surface area contributed by atoms with E-state index in [4.69, 9.17) is 4.52 Å². The first-order chi connectivity index (χ1) is 15.5. The summed E-state index contributed by atoms with van der Waals surface area (Å²) in [5.74, 6) is 0.659. The van der Waals surface area contributed by atoms with Gasteiger partial charge in [-0.25, -0.2) is 4.98 Å². The number of thioether (sulfide) groups is 1. The van der Waals surface area contributed by atoms with E-state index < -0.39 is 5.91 Å². The summed E-state index contributed by atoms with van der Waals surface area (Å²) in [6.07, 6.45) is 8.52. The molecule has 0 saturated carbocycles. The van der Waals surface area contributed by atoms with Gasteiger partial charge < -0.3 is 4.52 Å². The van der Waals surface area contributed by atoms with E-state index in [2.05, 4.69) is 21.0 Å². The highest BCUT2D eigenvalue weighted by Crippen LogP contribution is 2.29. The summed E-state index contributed by atoms with van der Waals surface area (Å²) in [5, 5.41) is 4.55. The summed E-state index contributed by atoms with van der Waals surface area (Å²) >= 11 is 2.96. The molecule has 0 unspecified atom stereocenters. The first-order valence-corrected chi connectivity index (χ1v) is 12.5. The van der Waals surface area contributed by atoms with Gasteiger partial charge in [-0.2, -0.15) is 0 Å². The topological polar surface area (TPSA) is 97.1 Å². The van der Waals surface area contributed by atoms with Crippen LogP contribution in [-0.4, -0.2) is 22.0 Å². The molecule has 9 heteroatoms. The fourth-order valence-corrected chi connectivity index (χ4v) is 6.02. The summed E-state index contributed by atoms with van der Waals surface area (Å²) in [5.41, 5.74) is 8.61. The van der Waals surface area contributed by atoms with Crippen molar-refractivity contribution < 1.29 is 14.1 Å². The van der Waals surface area contributed by atoms with Gasteiger partial charge in [0.25, 0.3) is 11.8 Å². The van der Waals surface area contributed by atoms with Crippen LogP contribution in [-0.2, 0) is 18.6 Å². The molecule has 0 spiro atoms. The van der Waals surface area contributed by atoms with Crippen LogP contribution in [0, 0.1) is 13.8 Å². The zero-order chi connectivity index (χ0) is 22.5. The SMILES string of the molecule is Cc1noc(C)c1CSc1ncccc1C(=O)NNC(=O)c1cc2c(s1)CCCCCC2. The Kier molecular flexibility index (Phi) is 7.26. The highest BCUT2D eigenvalue weighted by atomic mass is 32.2. The first-order valence-electron chi connectivity index (χ1n) is 10.7. The lowest BCUT2D eigenvalue weighted by Gasteiger charge is -2.09. The van der Waals surface area contributed by atoms with Crippen molar-refractivity contribution in [2.45, 2.75) is 63.2 Å². The Hall–Kier alpha value is -2.65. The molecule has 32 heavy (non-hydrogen) atoms. The van der Waals surface area contributed by atoms with Crippen molar-refractivity contribution in [1.29, 1.82) is 0 Å². The minimum absolute atomic E-state index is 0.288. The van der Waals surface area contributed by atoms with Gasteiger partial charge >= 0.3 is 0 Å². The molecule has 0 saturated heterocycles. The minimum atomic E-state index is -0.400. The molecule has 3 aromatic rings. The molecule has 0 atom stereocenters. The predicted octanol–water partition coefficient (Wildman–Crippen LogP) is 4.77. The molecule has 0 radical (unpaired) electrons. The van der Waals surface area contributed by atoms with E-state index in [9.17, 15) is 9.59 Å². The number of rotatable bonds is 5. The summed E-state index contributed by atoms with van der Waals surface area (Å²) < 4.78 is 5.20. The Labute approximate surface area is 195 Å². The molecule has 2 N–H and O–H groups in total. The maximum Gasteiger partial charge on any atom is 0.279 e. The zero-order valence-corrected chi connectivity index (χ0v) is 19.8. The van der Waals surface area contributed by atoms with Crippen molar-refractivity contribution >= 4 is 34.9 Å². The largest absolute Gasteiger partial charge is 0.361 e. The van der Waals surface area contributed by atoms with Gasteiger partial charge in [0.15, 0.2) is 0 Å². The number of hydrogen-bond donors (Lipinski definition) is 2. The van der Waals surface area contributed by atoms with Crippen molar-refractivity contribution in [1.82, 2.24) is 21.0 Å². The number of nitrogens with one attached hydrogen (secondary N) is 2. The molecule has 3 aromatic heterocycles. The van der Waals surface area contributed by atoms with Crippen LogP contribution in [0.1, 0.15) is 73.2 Å². The third-order valence-electron chi connectivity index (χ3n) is 5.56.